The van der Waals surface area contributed by atoms with Crippen LogP contribution in [0.2, 0.25) is 0 Å². The summed E-state index contributed by atoms with van der Waals surface area (Å²) in [7, 11) is 0. The summed E-state index contributed by atoms with van der Waals surface area (Å²) >= 11 is -2.73. The first-order chi connectivity index (χ1) is 17.5. The smallest absolute Gasteiger partial charge is 0.326 e. The molecule has 0 saturated carbocycles. The monoisotopic (exact) mass is 504 g/mol. The fourth-order valence-electron chi connectivity index (χ4n) is 3.66. The lowest BCUT2D eigenvalue weighted by molar-refractivity contribution is -0.141. The first-order valence-corrected chi connectivity index (χ1v) is 12.5. The number of anilines is 1. The van der Waals surface area contributed by atoms with Crippen LogP contribution in [0.25, 0.3) is 10.8 Å². The lowest BCUT2D eigenvalue weighted by Gasteiger charge is -2.27. The molecule has 186 valence electrons. The molecule has 0 N–H and O–H groups in total. The quantitative estimate of drug-likeness (QED) is 0.207. The van der Waals surface area contributed by atoms with E-state index in [1.165, 1.54) is 0 Å². The van der Waals surface area contributed by atoms with Gasteiger partial charge in [-0.15, -0.1) is 0 Å². The van der Waals surface area contributed by atoms with Crippen LogP contribution in [-0.2, 0) is 34.0 Å². The van der Waals surface area contributed by atoms with Crippen molar-refractivity contribution in [3.05, 3.63) is 102 Å². The molecule has 0 spiro atoms. The average molecular weight is 505 g/mol. The van der Waals surface area contributed by atoms with Crippen molar-refractivity contribution < 1.29 is 27.8 Å². The van der Waals surface area contributed by atoms with Gasteiger partial charge in [0, 0.05) is 11.3 Å². The number of nitrogens with zero attached hydrogens (tertiary/aromatic N) is 1. The standard InChI is InChI=1S/C28H27NO6S/c1-2-33-28(30)18-29(36(31)32)26-16-23-13-14-25(34-19-21-9-5-3-6-10-21)15-24(23)17-27(26)35-20-22-11-7-4-8-12-22/h3-17H,2,18-20H2,1H3,(H,31,32)/p-1. The highest BCUT2D eigenvalue weighted by atomic mass is 32.2. The van der Waals surface area contributed by atoms with Crippen LogP contribution in [0.1, 0.15) is 18.1 Å². The fraction of sp³-hybridized carbons (Fsp3) is 0.179. The fourth-order valence-corrected chi connectivity index (χ4v) is 4.18. The van der Waals surface area contributed by atoms with E-state index in [2.05, 4.69) is 0 Å². The van der Waals surface area contributed by atoms with Crippen LogP contribution in [-0.4, -0.2) is 27.9 Å². The molecule has 36 heavy (non-hydrogen) atoms. The van der Waals surface area contributed by atoms with Crippen molar-refractivity contribution in [2.75, 3.05) is 17.5 Å². The third-order valence-corrected chi connectivity index (χ3v) is 6.09. The summed E-state index contributed by atoms with van der Waals surface area (Å²) in [5.74, 6) is 0.337. The van der Waals surface area contributed by atoms with E-state index in [4.69, 9.17) is 14.2 Å². The SMILES string of the molecule is CCOC(=O)CN(c1cc2ccc(OCc3ccccc3)cc2cc1OCc1ccccc1)S(=O)[O-]. The van der Waals surface area contributed by atoms with Gasteiger partial charge in [-0.25, -0.2) is 0 Å². The normalized spacial score (nSPS) is 11.6. The number of benzene rings is 4. The van der Waals surface area contributed by atoms with Crippen molar-refractivity contribution in [1.29, 1.82) is 0 Å². The van der Waals surface area contributed by atoms with Crippen molar-refractivity contribution in [2.24, 2.45) is 0 Å². The van der Waals surface area contributed by atoms with Crippen LogP contribution in [0.5, 0.6) is 11.5 Å². The minimum atomic E-state index is -2.73. The number of hydrogen-bond donors (Lipinski definition) is 0. The number of fused-ring (bicyclic) bond motifs is 1. The zero-order valence-corrected chi connectivity index (χ0v) is 20.6. The molecule has 7 nitrogen and oxygen atoms in total. The molecule has 0 bridgehead atoms. The molecule has 0 aromatic heterocycles. The van der Waals surface area contributed by atoms with Crippen molar-refractivity contribution in [3.63, 3.8) is 0 Å². The van der Waals surface area contributed by atoms with Gasteiger partial charge in [0.15, 0.2) is 0 Å². The maximum atomic E-state index is 12.1. The second kappa shape index (κ2) is 12.2. The Bertz CT molecular complexity index is 1330. The summed E-state index contributed by atoms with van der Waals surface area (Å²) in [6, 6.07) is 28.4. The van der Waals surface area contributed by atoms with E-state index in [-0.39, 0.29) is 18.9 Å². The van der Waals surface area contributed by atoms with Gasteiger partial charge in [0.25, 0.3) is 0 Å². The van der Waals surface area contributed by atoms with Gasteiger partial charge in [0.1, 0.15) is 31.3 Å². The Morgan fingerprint density at radius 2 is 1.47 bits per heavy atom. The molecule has 4 aromatic carbocycles. The van der Waals surface area contributed by atoms with E-state index < -0.39 is 23.8 Å². The van der Waals surface area contributed by atoms with Gasteiger partial charge >= 0.3 is 5.97 Å². The zero-order chi connectivity index (χ0) is 25.3. The second-order valence-electron chi connectivity index (χ2n) is 7.94. The van der Waals surface area contributed by atoms with E-state index in [1.807, 2.05) is 78.9 Å². The number of carbonyl (C=O) groups is 1. The molecule has 0 radical (unpaired) electrons. The molecule has 0 amide bonds. The molecule has 0 aliphatic rings. The summed E-state index contributed by atoms with van der Waals surface area (Å²) < 4.78 is 42.2. The summed E-state index contributed by atoms with van der Waals surface area (Å²) in [5.41, 5.74) is 2.22. The zero-order valence-electron chi connectivity index (χ0n) is 19.8. The van der Waals surface area contributed by atoms with E-state index >= 15 is 0 Å². The van der Waals surface area contributed by atoms with E-state index in [0.717, 1.165) is 26.2 Å². The lowest BCUT2D eigenvalue weighted by atomic mass is 10.1. The maximum absolute atomic E-state index is 12.1. The van der Waals surface area contributed by atoms with Gasteiger partial charge in [-0.05, 0) is 53.1 Å². The van der Waals surface area contributed by atoms with Crippen molar-refractivity contribution >= 4 is 33.7 Å². The highest BCUT2D eigenvalue weighted by molar-refractivity contribution is 7.80. The number of esters is 1. The first-order valence-electron chi connectivity index (χ1n) is 11.5. The highest BCUT2D eigenvalue weighted by Crippen LogP contribution is 2.36. The highest BCUT2D eigenvalue weighted by Gasteiger charge is 2.19. The molecular formula is C28H26NO6S-. The average Bonchev–Trinajstić information content (AvgIpc) is 2.90. The Morgan fingerprint density at radius 3 is 2.08 bits per heavy atom. The molecule has 0 aliphatic heterocycles. The van der Waals surface area contributed by atoms with Crippen molar-refractivity contribution in [3.8, 4) is 11.5 Å². The Balaban J connectivity index is 1.67. The molecule has 0 fully saturated rings. The number of ether oxygens (including phenoxy) is 3. The molecule has 0 heterocycles. The summed E-state index contributed by atoms with van der Waals surface area (Å²) in [6.45, 7) is 2.00. The maximum Gasteiger partial charge on any atom is 0.326 e. The minimum Gasteiger partial charge on any atom is -0.755 e. The molecular weight excluding hydrogens is 478 g/mol. The molecule has 8 heteroatoms. The van der Waals surface area contributed by atoms with Gasteiger partial charge in [0.05, 0.1) is 12.3 Å². The van der Waals surface area contributed by atoms with Gasteiger partial charge in [-0.3, -0.25) is 13.3 Å². The Kier molecular flexibility index (Phi) is 8.54. The predicted molar refractivity (Wildman–Crippen MR) is 138 cm³/mol. The number of carbonyl (C=O) groups excluding carboxylic acids is 1. The third-order valence-electron chi connectivity index (χ3n) is 5.40. The second-order valence-corrected chi connectivity index (χ2v) is 8.81. The Labute approximate surface area is 212 Å². The van der Waals surface area contributed by atoms with E-state index in [9.17, 15) is 13.6 Å². The van der Waals surface area contributed by atoms with E-state index in [1.54, 1.807) is 19.1 Å². The summed E-state index contributed by atoms with van der Waals surface area (Å²) in [5, 5.41) is 1.57. The van der Waals surface area contributed by atoms with Gasteiger partial charge in [0.2, 0.25) is 0 Å². The van der Waals surface area contributed by atoms with Gasteiger partial charge in [-0.1, -0.05) is 66.7 Å². The predicted octanol–water partition coefficient (Wildman–Crippen LogP) is 5.16. The minimum absolute atomic E-state index is 0.152. The van der Waals surface area contributed by atoms with Crippen LogP contribution >= 0.6 is 0 Å². The molecule has 0 aliphatic carbocycles. The Hall–Kier alpha value is -3.88. The summed E-state index contributed by atoms with van der Waals surface area (Å²) in [6.07, 6.45) is 0. The lowest BCUT2D eigenvalue weighted by Crippen LogP contribution is -2.33. The topological polar surface area (TPSA) is 88.1 Å². The molecule has 1 unspecified atom stereocenters. The van der Waals surface area contributed by atoms with Crippen LogP contribution in [0.15, 0.2) is 91.0 Å². The number of rotatable bonds is 11. The van der Waals surface area contributed by atoms with Gasteiger partial charge < -0.3 is 18.8 Å². The van der Waals surface area contributed by atoms with E-state index in [0.29, 0.717) is 18.1 Å². The van der Waals surface area contributed by atoms with Crippen LogP contribution in [0, 0.1) is 0 Å². The van der Waals surface area contributed by atoms with Crippen LogP contribution < -0.4 is 13.8 Å². The Morgan fingerprint density at radius 1 is 0.833 bits per heavy atom. The molecule has 0 saturated heterocycles. The van der Waals surface area contributed by atoms with Crippen molar-refractivity contribution in [1.82, 2.24) is 0 Å². The number of hydrogen-bond acceptors (Lipinski definition) is 6. The first kappa shape index (κ1) is 25.2. The largest absolute Gasteiger partial charge is 0.755 e. The molecule has 4 aromatic rings. The molecule has 4 rings (SSSR count). The van der Waals surface area contributed by atoms with Crippen molar-refractivity contribution in [2.45, 2.75) is 20.1 Å². The third kappa shape index (κ3) is 6.62. The molecule has 1 atom stereocenters. The van der Waals surface area contributed by atoms with Gasteiger partial charge in [-0.2, -0.15) is 0 Å². The summed E-state index contributed by atoms with van der Waals surface area (Å²) in [4.78, 5) is 12.1. The van der Waals surface area contributed by atoms with Crippen LogP contribution in [0.3, 0.4) is 0 Å². The van der Waals surface area contributed by atoms with Crippen LogP contribution in [0.4, 0.5) is 5.69 Å².